The van der Waals surface area contributed by atoms with Crippen molar-refractivity contribution in [2.24, 2.45) is 0 Å². The van der Waals surface area contributed by atoms with E-state index >= 15 is 0 Å². The molecule has 0 bridgehead atoms. The lowest BCUT2D eigenvalue weighted by molar-refractivity contribution is -0.228. The topological polar surface area (TPSA) is 54.8 Å². The molecule has 0 aliphatic carbocycles. The molecule has 1 aromatic heterocycles. The number of unbranched alkanes of at least 4 members (excludes halogenated alkanes) is 1. The van der Waals surface area contributed by atoms with Crippen LogP contribution in [0.1, 0.15) is 63.4 Å². The Labute approximate surface area is 151 Å². The average molecular weight is 348 g/mol. The summed E-state index contributed by atoms with van der Waals surface area (Å²) in [6.07, 6.45) is 11.2. The van der Waals surface area contributed by atoms with Crippen molar-refractivity contribution in [3.63, 3.8) is 0 Å². The van der Waals surface area contributed by atoms with Crippen LogP contribution in [0.25, 0.3) is 0 Å². The van der Waals surface area contributed by atoms with E-state index in [1.807, 2.05) is 6.20 Å². The molecule has 3 rings (SSSR count). The fraction of sp³-hybridized carbons (Fsp3) is 0.750. The molecule has 1 N–H and O–H groups in total. The van der Waals surface area contributed by atoms with Crippen molar-refractivity contribution in [1.29, 1.82) is 0 Å². The number of pyridine rings is 1. The number of aliphatic hydroxyl groups is 1. The van der Waals surface area contributed by atoms with Gasteiger partial charge in [0.1, 0.15) is 0 Å². The molecule has 2 aliphatic rings. The van der Waals surface area contributed by atoms with E-state index in [-0.39, 0.29) is 0 Å². The summed E-state index contributed by atoms with van der Waals surface area (Å²) in [6.45, 7) is 4.70. The van der Waals surface area contributed by atoms with E-state index in [2.05, 4.69) is 22.0 Å². The highest BCUT2D eigenvalue weighted by Gasteiger charge is 2.29. The second-order valence-corrected chi connectivity index (χ2v) is 7.40. The monoisotopic (exact) mass is 348 g/mol. The van der Waals surface area contributed by atoms with Gasteiger partial charge in [0.15, 0.2) is 5.79 Å². The predicted molar refractivity (Wildman–Crippen MR) is 97.5 cm³/mol. The zero-order valence-corrected chi connectivity index (χ0v) is 15.3. The average Bonchev–Trinajstić information content (AvgIpc) is 2.63. The molecular weight excluding hydrogens is 316 g/mol. The molecule has 1 aromatic rings. The zero-order valence-electron chi connectivity index (χ0n) is 15.3. The zero-order chi connectivity index (χ0) is 17.4. The number of piperidine rings is 1. The van der Waals surface area contributed by atoms with Crippen LogP contribution < -0.4 is 4.74 Å². The lowest BCUT2D eigenvalue weighted by Crippen LogP contribution is -2.35. The molecule has 2 fully saturated rings. The molecule has 5 nitrogen and oxygen atoms in total. The smallest absolute Gasteiger partial charge is 0.213 e. The Kier molecular flexibility index (Phi) is 7.08. The van der Waals surface area contributed by atoms with Gasteiger partial charge in [0.25, 0.3) is 0 Å². The van der Waals surface area contributed by atoms with Gasteiger partial charge in [0.2, 0.25) is 5.88 Å². The van der Waals surface area contributed by atoms with Gasteiger partial charge in [-0.05, 0) is 63.2 Å². The van der Waals surface area contributed by atoms with Crippen LogP contribution in [-0.2, 0) is 11.3 Å². The van der Waals surface area contributed by atoms with Gasteiger partial charge < -0.3 is 14.6 Å². The first-order chi connectivity index (χ1) is 12.2. The minimum Gasteiger partial charge on any atom is -0.478 e. The Morgan fingerprint density at radius 3 is 2.84 bits per heavy atom. The fourth-order valence-corrected chi connectivity index (χ4v) is 3.72. The molecule has 0 amide bonds. The van der Waals surface area contributed by atoms with E-state index in [0.29, 0.717) is 25.5 Å². The summed E-state index contributed by atoms with van der Waals surface area (Å²) in [5.41, 5.74) is 1.27. The second kappa shape index (κ2) is 9.51. The number of aromatic nitrogens is 1. The first-order valence-corrected chi connectivity index (χ1v) is 9.90. The Morgan fingerprint density at radius 1 is 1.16 bits per heavy atom. The Hall–Kier alpha value is -1.17. The van der Waals surface area contributed by atoms with Crippen LogP contribution in [0.15, 0.2) is 18.3 Å². The van der Waals surface area contributed by atoms with Crippen LogP contribution in [0.5, 0.6) is 5.88 Å². The van der Waals surface area contributed by atoms with Gasteiger partial charge in [-0.1, -0.05) is 6.42 Å². The SMILES string of the molecule is OC1(CCCCOc2cc(CN3CCCCC3)ccn2)CCCCO1. The molecule has 25 heavy (non-hydrogen) atoms. The third kappa shape index (κ3) is 6.24. The molecule has 2 aliphatic heterocycles. The van der Waals surface area contributed by atoms with E-state index in [1.165, 1.54) is 37.9 Å². The third-order valence-corrected chi connectivity index (χ3v) is 5.20. The highest BCUT2D eigenvalue weighted by atomic mass is 16.6. The van der Waals surface area contributed by atoms with Crippen LogP contribution in [-0.4, -0.2) is 47.1 Å². The van der Waals surface area contributed by atoms with Crippen molar-refractivity contribution < 1.29 is 14.6 Å². The Morgan fingerprint density at radius 2 is 2.04 bits per heavy atom. The highest BCUT2D eigenvalue weighted by Crippen LogP contribution is 2.27. The molecule has 5 heteroatoms. The minimum atomic E-state index is -0.898. The summed E-state index contributed by atoms with van der Waals surface area (Å²) in [7, 11) is 0. The van der Waals surface area contributed by atoms with Gasteiger partial charge in [0.05, 0.1) is 13.2 Å². The molecule has 0 spiro atoms. The predicted octanol–water partition coefficient (Wildman–Crippen LogP) is 3.51. The summed E-state index contributed by atoms with van der Waals surface area (Å²) in [4.78, 5) is 6.83. The molecular formula is C20H32N2O3. The van der Waals surface area contributed by atoms with Crippen LogP contribution in [0.2, 0.25) is 0 Å². The molecule has 140 valence electrons. The summed E-state index contributed by atoms with van der Waals surface area (Å²) in [6, 6.07) is 4.14. The number of nitrogens with zero attached hydrogens (tertiary/aromatic N) is 2. The summed E-state index contributed by atoms with van der Waals surface area (Å²) in [5, 5.41) is 10.3. The third-order valence-electron chi connectivity index (χ3n) is 5.20. The molecule has 0 radical (unpaired) electrons. The number of ether oxygens (including phenoxy) is 2. The van der Waals surface area contributed by atoms with Crippen molar-refractivity contribution in [1.82, 2.24) is 9.88 Å². The molecule has 0 aromatic carbocycles. The number of hydrogen-bond donors (Lipinski definition) is 1. The van der Waals surface area contributed by atoms with E-state index in [1.54, 1.807) is 0 Å². The van der Waals surface area contributed by atoms with Crippen molar-refractivity contribution >= 4 is 0 Å². The van der Waals surface area contributed by atoms with Crippen molar-refractivity contribution in [2.75, 3.05) is 26.3 Å². The molecule has 3 heterocycles. The molecule has 1 atom stereocenters. The Balaban J connectivity index is 1.35. The maximum absolute atomic E-state index is 10.3. The lowest BCUT2D eigenvalue weighted by atomic mass is 10.00. The van der Waals surface area contributed by atoms with Gasteiger partial charge in [-0.2, -0.15) is 0 Å². The van der Waals surface area contributed by atoms with Crippen LogP contribution in [0.4, 0.5) is 0 Å². The van der Waals surface area contributed by atoms with Gasteiger partial charge >= 0.3 is 0 Å². The number of rotatable bonds is 8. The quantitative estimate of drug-likeness (QED) is 0.729. The lowest BCUT2D eigenvalue weighted by Gasteiger charge is -2.32. The first-order valence-electron chi connectivity index (χ1n) is 9.90. The standard InChI is InChI=1S/C20H32N2O3/c23-20(10-3-7-15-25-20)9-2-6-14-24-19-16-18(8-11-21-19)17-22-12-4-1-5-13-22/h8,11,16,23H,1-7,9-10,12-15,17H2. The summed E-state index contributed by atoms with van der Waals surface area (Å²) in [5.74, 6) is -0.188. The van der Waals surface area contributed by atoms with Crippen molar-refractivity contribution in [2.45, 2.75) is 70.1 Å². The van der Waals surface area contributed by atoms with Crippen LogP contribution in [0.3, 0.4) is 0 Å². The van der Waals surface area contributed by atoms with E-state index in [0.717, 1.165) is 38.6 Å². The first kappa shape index (κ1) is 18.6. The van der Waals surface area contributed by atoms with Crippen molar-refractivity contribution in [3.8, 4) is 5.88 Å². The van der Waals surface area contributed by atoms with E-state index in [9.17, 15) is 5.11 Å². The van der Waals surface area contributed by atoms with Crippen LogP contribution >= 0.6 is 0 Å². The fourth-order valence-electron chi connectivity index (χ4n) is 3.72. The van der Waals surface area contributed by atoms with Gasteiger partial charge in [-0.15, -0.1) is 0 Å². The Bertz CT molecular complexity index is 511. The van der Waals surface area contributed by atoms with Crippen LogP contribution in [0, 0.1) is 0 Å². The number of hydrogen-bond acceptors (Lipinski definition) is 5. The van der Waals surface area contributed by atoms with E-state index < -0.39 is 5.79 Å². The maximum atomic E-state index is 10.3. The number of likely N-dealkylation sites (tertiary alicyclic amines) is 1. The summed E-state index contributed by atoms with van der Waals surface area (Å²) < 4.78 is 11.3. The van der Waals surface area contributed by atoms with Gasteiger partial charge in [-0.3, -0.25) is 4.90 Å². The maximum Gasteiger partial charge on any atom is 0.213 e. The van der Waals surface area contributed by atoms with Crippen molar-refractivity contribution in [3.05, 3.63) is 23.9 Å². The second-order valence-electron chi connectivity index (χ2n) is 7.40. The molecule has 1 unspecified atom stereocenters. The minimum absolute atomic E-state index is 0.635. The molecule has 2 saturated heterocycles. The largest absolute Gasteiger partial charge is 0.478 e. The molecule has 0 saturated carbocycles. The summed E-state index contributed by atoms with van der Waals surface area (Å²) >= 11 is 0. The van der Waals surface area contributed by atoms with Gasteiger partial charge in [-0.25, -0.2) is 4.98 Å². The highest BCUT2D eigenvalue weighted by molar-refractivity contribution is 5.20. The van der Waals surface area contributed by atoms with Gasteiger partial charge in [0, 0.05) is 31.6 Å². The van der Waals surface area contributed by atoms with E-state index in [4.69, 9.17) is 9.47 Å². The normalized spacial score (nSPS) is 25.0.